The first kappa shape index (κ1) is 30.8. The SMILES string of the molecule is COC(=O)CNC(=O)c1ccc(OC)c([N+](=O)[O-])c1.COC(=O)CNC(=O)c1ccc(OC)c([N+](=O)[O-])c1. The normalized spacial score (nSPS) is 9.58. The third-order valence-electron chi connectivity index (χ3n) is 4.52. The van der Waals surface area contributed by atoms with Crippen molar-refractivity contribution in [3.8, 4) is 11.5 Å². The van der Waals surface area contributed by atoms with Crippen LogP contribution in [-0.2, 0) is 19.1 Å². The maximum absolute atomic E-state index is 11.7. The molecule has 2 aromatic carbocycles. The first-order valence-electron chi connectivity index (χ1n) is 10.3. The first-order valence-corrected chi connectivity index (χ1v) is 10.3. The van der Waals surface area contributed by atoms with Crippen LogP contribution in [0, 0.1) is 20.2 Å². The van der Waals surface area contributed by atoms with Crippen LogP contribution in [-0.4, -0.2) is 75.1 Å². The molecule has 0 aliphatic carbocycles. The van der Waals surface area contributed by atoms with Gasteiger partial charge < -0.3 is 29.6 Å². The van der Waals surface area contributed by atoms with Crippen molar-refractivity contribution in [3.63, 3.8) is 0 Å². The molecule has 16 nitrogen and oxygen atoms in total. The fourth-order valence-corrected chi connectivity index (χ4v) is 2.60. The number of benzene rings is 2. The fourth-order valence-electron chi connectivity index (χ4n) is 2.60. The first-order chi connectivity index (χ1) is 18.0. The van der Waals surface area contributed by atoms with E-state index in [2.05, 4.69) is 20.1 Å². The minimum atomic E-state index is -0.657. The van der Waals surface area contributed by atoms with Gasteiger partial charge in [-0.2, -0.15) is 0 Å². The Morgan fingerprint density at radius 3 is 1.29 bits per heavy atom. The highest BCUT2D eigenvalue weighted by Crippen LogP contribution is 2.28. The summed E-state index contributed by atoms with van der Waals surface area (Å²) in [6.45, 7) is -0.621. The zero-order chi connectivity index (χ0) is 28.8. The Labute approximate surface area is 215 Å². The van der Waals surface area contributed by atoms with Crippen molar-refractivity contribution in [2.24, 2.45) is 0 Å². The zero-order valence-electron chi connectivity index (χ0n) is 20.7. The molecule has 0 heterocycles. The smallest absolute Gasteiger partial charge is 0.325 e. The highest BCUT2D eigenvalue weighted by atomic mass is 16.6. The summed E-state index contributed by atoms with van der Waals surface area (Å²) < 4.78 is 18.3. The topological polar surface area (TPSA) is 216 Å². The Morgan fingerprint density at radius 2 is 1.03 bits per heavy atom. The van der Waals surface area contributed by atoms with Gasteiger partial charge in [-0.25, -0.2) is 0 Å². The number of nitro benzene ring substituents is 2. The maximum Gasteiger partial charge on any atom is 0.325 e. The molecule has 0 unspecified atom stereocenters. The van der Waals surface area contributed by atoms with E-state index in [0.29, 0.717) is 0 Å². The molecule has 0 aromatic heterocycles. The second-order valence-corrected chi connectivity index (χ2v) is 6.81. The van der Waals surface area contributed by atoms with E-state index in [-0.39, 0.29) is 47.1 Å². The lowest BCUT2D eigenvalue weighted by molar-refractivity contribution is -0.385. The van der Waals surface area contributed by atoms with Crippen molar-refractivity contribution in [2.45, 2.75) is 0 Å². The Kier molecular flexibility index (Phi) is 12.1. The number of ether oxygens (including phenoxy) is 4. The number of esters is 2. The molecule has 0 spiro atoms. The van der Waals surface area contributed by atoms with Crippen LogP contribution in [0.1, 0.15) is 20.7 Å². The van der Waals surface area contributed by atoms with Gasteiger partial charge >= 0.3 is 23.3 Å². The third-order valence-corrected chi connectivity index (χ3v) is 4.52. The predicted molar refractivity (Wildman–Crippen MR) is 128 cm³/mol. The van der Waals surface area contributed by atoms with Crippen LogP contribution in [0.4, 0.5) is 11.4 Å². The number of hydrogen-bond acceptors (Lipinski definition) is 12. The van der Waals surface area contributed by atoms with Crippen LogP contribution in [0.3, 0.4) is 0 Å². The molecule has 0 radical (unpaired) electrons. The highest BCUT2D eigenvalue weighted by molar-refractivity contribution is 5.97. The Bertz CT molecular complexity index is 1120. The molecule has 0 fully saturated rings. The van der Waals surface area contributed by atoms with Gasteiger partial charge in [-0.05, 0) is 24.3 Å². The van der Waals surface area contributed by atoms with E-state index in [1.54, 1.807) is 0 Å². The molecule has 0 aliphatic heterocycles. The van der Waals surface area contributed by atoms with Gasteiger partial charge in [0.05, 0.1) is 38.3 Å². The second kappa shape index (κ2) is 15.0. The minimum absolute atomic E-state index is 0.0505. The summed E-state index contributed by atoms with van der Waals surface area (Å²) in [5, 5.41) is 26.1. The van der Waals surface area contributed by atoms with Crippen LogP contribution in [0.25, 0.3) is 0 Å². The van der Waals surface area contributed by atoms with E-state index < -0.39 is 33.6 Å². The van der Waals surface area contributed by atoms with Gasteiger partial charge in [0.25, 0.3) is 11.8 Å². The van der Waals surface area contributed by atoms with Crippen LogP contribution in [0.15, 0.2) is 36.4 Å². The standard InChI is InChI=1S/2C11H12N2O6/c2*1-18-9-4-3-7(5-8(9)13(16)17)11(15)12-6-10(14)19-2/h2*3-5H,6H2,1-2H3,(H,12,15). The van der Waals surface area contributed by atoms with Crippen molar-refractivity contribution in [1.29, 1.82) is 0 Å². The minimum Gasteiger partial charge on any atom is -0.490 e. The average molecular weight is 536 g/mol. The Hall–Kier alpha value is -5.28. The van der Waals surface area contributed by atoms with Gasteiger partial charge in [0.2, 0.25) is 0 Å². The van der Waals surface area contributed by atoms with E-state index in [1.807, 2.05) is 0 Å². The van der Waals surface area contributed by atoms with Crippen LogP contribution >= 0.6 is 0 Å². The lowest BCUT2D eigenvalue weighted by Crippen LogP contribution is -2.30. The van der Waals surface area contributed by atoms with Crippen molar-refractivity contribution in [3.05, 3.63) is 67.8 Å². The molecule has 38 heavy (non-hydrogen) atoms. The third kappa shape index (κ3) is 9.06. The lowest BCUT2D eigenvalue weighted by Gasteiger charge is -2.05. The fraction of sp³-hybridized carbons (Fsp3) is 0.273. The van der Waals surface area contributed by atoms with Gasteiger partial charge in [-0.3, -0.25) is 39.4 Å². The zero-order valence-corrected chi connectivity index (χ0v) is 20.7. The number of amides is 2. The Balaban J connectivity index is 0.000000380. The van der Waals surface area contributed by atoms with E-state index in [9.17, 15) is 39.4 Å². The van der Waals surface area contributed by atoms with E-state index >= 15 is 0 Å². The van der Waals surface area contributed by atoms with Gasteiger partial charge in [0.1, 0.15) is 13.1 Å². The number of rotatable bonds is 10. The molecule has 0 saturated carbocycles. The molecular weight excluding hydrogens is 512 g/mol. The maximum atomic E-state index is 11.7. The molecule has 16 heteroatoms. The predicted octanol–water partition coefficient (Wildman–Crippen LogP) is 1.01. The summed E-state index contributed by atoms with van der Waals surface area (Å²) in [7, 11) is 4.96. The van der Waals surface area contributed by atoms with Gasteiger partial charge in [0.15, 0.2) is 11.5 Å². The number of carbonyl (C=O) groups excluding carboxylic acids is 4. The summed E-state index contributed by atoms with van der Waals surface area (Å²) in [5.74, 6) is -2.36. The number of carbonyl (C=O) groups is 4. The molecule has 0 aliphatic rings. The lowest BCUT2D eigenvalue weighted by atomic mass is 10.1. The quantitative estimate of drug-likeness (QED) is 0.247. The van der Waals surface area contributed by atoms with Crippen molar-refractivity contribution < 1.29 is 48.0 Å². The summed E-state index contributed by atoms with van der Waals surface area (Å²) in [4.78, 5) is 65.3. The van der Waals surface area contributed by atoms with Gasteiger partial charge in [-0.15, -0.1) is 0 Å². The van der Waals surface area contributed by atoms with Crippen molar-refractivity contribution in [1.82, 2.24) is 10.6 Å². The number of nitrogens with zero attached hydrogens (tertiary/aromatic N) is 2. The molecule has 2 N–H and O–H groups in total. The summed E-state index contributed by atoms with van der Waals surface area (Å²) in [6, 6.07) is 7.49. The molecular formula is C22H24N4O12. The van der Waals surface area contributed by atoms with E-state index in [4.69, 9.17) is 9.47 Å². The van der Waals surface area contributed by atoms with E-state index in [1.165, 1.54) is 52.7 Å². The highest BCUT2D eigenvalue weighted by Gasteiger charge is 2.19. The molecule has 0 atom stereocenters. The molecule has 2 amide bonds. The summed E-state index contributed by atoms with van der Waals surface area (Å²) in [5.41, 5.74) is -0.547. The second-order valence-electron chi connectivity index (χ2n) is 6.81. The van der Waals surface area contributed by atoms with Crippen LogP contribution < -0.4 is 20.1 Å². The molecule has 2 aromatic rings. The molecule has 2 rings (SSSR count). The Morgan fingerprint density at radius 1 is 0.684 bits per heavy atom. The number of nitrogens with one attached hydrogen (secondary N) is 2. The van der Waals surface area contributed by atoms with Crippen molar-refractivity contribution in [2.75, 3.05) is 41.5 Å². The number of hydrogen-bond donors (Lipinski definition) is 2. The molecule has 204 valence electrons. The summed E-state index contributed by atoms with van der Waals surface area (Å²) >= 11 is 0. The van der Waals surface area contributed by atoms with Crippen LogP contribution in [0.2, 0.25) is 0 Å². The van der Waals surface area contributed by atoms with Crippen molar-refractivity contribution >= 4 is 35.1 Å². The molecule has 0 saturated heterocycles. The van der Waals surface area contributed by atoms with Crippen LogP contribution in [0.5, 0.6) is 11.5 Å². The van der Waals surface area contributed by atoms with Gasteiger partial charge in [0, 0.05) is 23.3 Å². The number of nitro groups is 2. The average Bonchev–Trinajstić information content (AvgIpc) is 2.93. The molecule has 0 bridgehead atoms. The monoisotopic (exact) mass is 536 g/mol. The van der Waals surface area contributed by atoms with E-state index in [0.717, 1.165) is 12.1 Å². The number of methoxy groups -OCH3 is 4. The largest absolute Gasteiger partial charge is 0.490 e. The summed E-state index contributed by atoms with van der Waals surface area (Å²) in [6.07, 6.45) is 0. The van der Waals surface area contributed by atoms with Gasteiger partial charge in [-0.1, -0.05) is 0 Å².